The highest BCUT2D eigenvalue weighted by molar-refractivity contribution is 7.22. The van der Waals surface area contributed by atoms with Crippen molar-refractivity contribution < 1.29 is 4.79 Å². The van der Waals surface area contributed by atoms with E-state index in [9.17, 15) is 4.79 Å². The number of aromatic nitrogens is 1. The lowest BCUT2D eigenvalue weighted by Crippen LogP contribution is -2.35. The fourth-order valence-corrected chi connectivity index (χ4v) is 3.12. The second-order valence-corrected chi connectivity index (χ2v) is 6.42. The van der Waals surface area contributed by atoms with Crippen LogP contribution in [0.15, 0.2) is 59.7 Å². The van der Waals surface area contributed by atoms with Crippen LogP contribution in [-0.4, -0.2) is 22.6 Å². The van der Waals surface area contributed by atoms with Crippen LogP contribution in [0.25, 0.3) is 10.2 Å². The molecule has 0 saturated heterocycles. The fourth-order valence-electron chi connectivity index (χ4n) is 2.16. The highest BCUT2D eigenvalue weighted by Gasteiger charge is 2.14. The first kappa shape index (κ1) is 16.1. The maximum Gasteiger partial charge on any atom is 0.262 e. The Kier molecular flexibility index (Phi) is 4.86. The topological polar surface area (TPSA) is 66.4 Å². The number of benzene rings is 2. The summed E-state index contributed by atoms with van der Waals surface area (Å²) in [6.45, 7) is 3.65. The summed E-state index contributed by atoms with van der Waals surface area (Å²) in [4.78, 5) is 16.7. The third-order valence-electron chi connectivity index (χ3n) is 3.55. The summed E-state index contributed by atoms with van der Waals surface area (Å²) in [6, 6.07) is 17.2. The Hall–Kier alpha value is -2.73. The third-order valence-corrected chi connectivity index (χ3v) is 4.52. The van der Waals surface area contributed by atoms with Crippen LogP contribution in [0.5, 0.6) is 0 Å². The molecule has 0 spiro atoms. The van der Waals surface area contributed by atoms with Crippen LogP contribution >= 0.6 is 11.3 Å². The Morgan fingerprint density at radius 1 is 1.12 bits per heavy atom. The first-order valence-electron chi connectivity index (χ1n) is 7.65. The molecule has 0 unspecified atom stereocenters. The summed E-state index contributed by atoms with van der Waals surface area (Å²) in [5.41, 5.74) is 5.26. The van der Waals surface area contributed by atoms with Crippen LogP contribution in [0.4, 0.5) is 5.13 Å². The number of hydrazone groups is 1. The molecule has 0 fully saturated rings. The predicted octanol–water partition coefficient (Wildman–Crippen LogP) is 3.64. The van der Waals surface area contributed by atoms with Crippen molar-refractivity contribution in [2.75, 3.05) is 5.32 Å². The quantitative estimate of drug-likeness (QED) is 0.551. The molecule has 0 bridgehead atoms. The minimum absolute atomic E-state index is 0.204. The van der Waals surface area contributed by atoms with E-state index < -0.39 is 6.04 Å². The fraction of sp³-hybridized carbons (Fsp3) is 0.167. The van der Waals surface area contributed by atoms with Crippen LogP contribution in [0.3, 0.4) is 0 Å². The number of para-hydroxylation sites is 1. The Bertz CT molecular complexity index is 840. The van der Waals surface area contributed by atoms with Crippen LogP contribution in [-0.2, 0) is 4.79 Å². The molecule has 0 radical (unpaired) electrons. The van der Waals surface area contributed by atoms with E-state index in [0.717, 1.165) is 26.6 Å². The van der Waals surface area contributed by atoms with E-state index in [4.69, 9.17) is 0 Å². The number of hydrogen-bond donors (Lipinski definition) is 2. The van der Waals surface area contributed by atoms with Crippen molar-refractivity contribution in [1.29, 1.82) is 0 Å². The first-order valence-corrected chi connectivity index (χ1v) is 8.47. The van der Waals surface area contributed by atoms with Crippen molar-refractivity contribution >= 4 is 38.3 Å². The van der Waals surface area contributed by atoms with Crippen molar-refractivity contribution in [1.82, 2.24) is 10.4 Å². The molecule has 3 rings (SSSR count). The number of amides is 1. The van der Waals surface area contributed by atoms with Gasteiger partial charge in [-0.25, -0.2) is 10.4 Å². The zero-order valence-corrected chi connectivity index (χ0v) is 14.3. The average molecular weight is 338 g/mol. The van der Waals surface area contributed by atoms with E-state index in [0.29, 0.717) is 0 Å². The van der Waals surface area contributed by atoms with Gasteiger partial charge in [0.2, 0.25) is 0 Å². The molecule has 1 aromatic heterocycles. The van der Waals surface area contributed by atoms with Gasteiger partial charge in [0.05, 0.1) is 15.9 Å². The maximum atomic E-state index is 12.2. The summed E-state index contributed by atoms with van der Waals surface area (Å²) in [7, 11) is 0. The van der Waals surface area contributed by atoms with E-state index in [1.165, 1.54) is 11.3 Å². The molecule has 0 aliphatic carbocycles. The molecule has 6 heteroatoms. The minimum Gasteiger partial charge on any atom is -0.350 e. The van der Waals surface area contributed by atoms with Crippen LogP contribution in [0, 0.1) is 0 Å². The van der Waals surface area contributed by atoms with E-state index in [2.05, 4.69) is 20.8 Å². The Morgan fingerprint density at radius 3 is 2.58 bits per heavy atom. The van der Waals surface area contributed by atoms with Crippen LogP contribution in [0.1, 0.15) is 19.4 Å². The molecule has 0 aliphatic rings. The summed E-state index contributed by atoms with van der Waals surface area (Å²) < 4.78 is 1.09. The number of thiazole rings is 1. The molecule has 5 nitrogen and oxygen atoms in total. The molecule has 3 aromatic rings. The van der Waals surface area contributed by atoms with Crippen LogP contribution in [0.2, 0.25) is 0 Å². The van der Waals surface area contributed by atoms with Crippen molar-refractivity contribution in [2.24, 2.45) is 5.10 Å². The average Bonchev–Trinajstić information content (AvgIpc) is 3.02. The van der Waals surface area contributed by atoms with Crippen molar-refractivity contribution in [3.05, 3.63) is 60.2 Å². The van der Waals surface area contributed by atoms with E-state index in [1.54, 1.807) is 6.92 Å². The highest BCUT2D eigenvalue weighted by Crippen LogP contribution is 2.25. The first-order chi connectivity index (χ1) is 11.6. The molecule has 1 atom stereocenters. The van der Waals surface area contributed by atoms with Gasteiger partial charge in [-0.3, -0.25) is 4.79 Å². The Labute approximate surface area is 144 Å². The molecule has 0 aliphatic heterocycles. The molecular formula is C18H18N4OS. The minimum atomic E-state index is -0.433. The molecule has 24 heavy (non-hydrogen) atoms. The number of fused-ring (bicyclic) bond motifs is 1. The summed E-state index contributed by atoms with van der Waals surface area (Å²) in [6.07, 6.45) is 0. The van der Waals surface area contributed by atoms with E-state index >= 15 is 0 Å². The molecular weight excluding hydrogens is 320 g/mol. The molecule has 2 aromatic carbocycles. The Morgan fingerprint density at radius 2 is 1.83 bits per heavy atom. The summed E-state index contributed by atoms with van der Waals surface area (Å²) >= 11 is 1.53. The largest absolute Gasteiger partial charge is 0.350 e. The van der Waals surface area contributed by atoms with Crippen molar-refractivity contribution in [2.45, 2.75) is 19.9 Å². The number of carbonyl (C=O) groups excluding carboxylic acids is 1. The summed E-state index contributed by atoms with van der Waals surface area (Å²) in [5.74, 6) is -0.204. The van der Waals surface area contributed by atoms with Gasteiger partial charge < -0.3 is 5.32 Å². The zero-order valence-electron chi connectivity index (χ0n) is 13.5. The lowest BCUT2D eigenvalue weighted by Gasteiger charge is -2.11. The van der Waals surface area contributed by atoms with Gasteiger partial charge in [-0.05, 0) is 31.5 Å². The van der Waals surface area contributed by atoms with Gasteiger partial charge in [0.25, 0.3) is 5.91 Å². The number of carbonyl (C=O) groups is 1. The SMILES string of the molecule is C/C(=N/NC(=O)[C@H](C)Nc1nc2ccccc2s1)c1ccccc1. The number of nitrogens with zero attached hydrogens (tertiary/aromatic N) is 2. The van der Waals surface area contributed by atoms with Gasteiger partial charge in [-0.15, -0.1) is 0 Å². The third kappa shape index (κ3) is 3.78. The normalized spacial score (nSPS) is 12.8. The van der Waals surface area contributed by atoms with E-state index in [1.807, 2.05) is 61.5 Å². The monoisotopic (exact) mass is 338 g/mol. The Balaban J connectivity index is 1.62. The molecule has 0 saturated carbocycles. The smallest absolute Gasteiger partial charge is 0.262 e. The molecule has 122 valence electrons. The molecule has 1 heterocycles. The van der Waals surface area contributed by atoms with Gasteiger partial charge >= 0.3 is 0 Å². The number of hydrogen-bond acceptors (Lipinski definition) is 5. The number of nitrogens with one attached hydrogen (secondary N) is 2. The molecule has 1 amide bonds. The maximum absolute atomic E-state index is 12.2. The van der Waals surface area contributed by atoms with Gasteiger partial charge in [0.1, 0.15) is 6.04 Å². The van der Waals surface area contributed by atoms with E-state index in [-0.39, 0.29) is 5.91 Å². The van der Waals surface area contributed by atoms with Crippen molar-refractivity contribution in [3.8, 4) is 0 Å². The van der Waals surface area contributed by atoms with Gasteiger partial charge in [0, 0.05) is 0 Å². The van der Waals surface area contributed by atoms with Gasteiger partial charge in [0.15, 0.2) is 5.13 Å². The zero-order chi connectivity index (χ0) is 16.9. The van der Waals surface area contributed by atoms with Crippen LogP contribution < -0.4 is 10.7 Å². The lowest BCUT2D eigenvalue weighted by molar-refractivity contribution is -0.121. The highest BCUT2D eigenvalue weighted by atomic mass is 32.1. The molecule has 2 N–H and O–H groups in total. The van der Waals surface area contributed by atoms with Gasteiger partial charge in [-0.1, -0.05) is 53.8 Å². The number of anilines is 1. The van der Waals surface area contributed by atoms with Gasteiger partial charge in [-0.2, -0.15) is 5.10 Å². The van der Waals surface area contributed by atoms with Crippen molar-refractivity contribution in [3.63, 3.8) is 0 Å². The lowest BCUT2D eigenvalue weighted by atomic mass is 10.1. The predicted molar refractivity (Wildman–Crippen MR) is 99.5 cm³/mol. The second kappa shape index (κ2) is 7.23. The summed E-state index contributed by atoms with van der Waals surface area (Å²) in [5, 5.41) is 8.01. The number of rotatable bonds is 5. The second-order valence-electron chi connectivity index (χ2n) is 5.39. The standard InChI is InChI=1S/C18H18N4OS/c1-12(14-8-4-3-5-9-14)21-22-17(23)13(2)19-18-20-15-10-6-7-11-16(15)24-18/h3-11,13H,1-2H3,(H,19,20)(H,22,23)/b21-12-/t13-/m0/s1.